The van der Waals surface area contributed by atoms with Gasteiger partial charge in [0.05, 0.1) is 5.41 Å². The molecule has 1 aromatic carbocycles. The maximum absolute atomic E-state index is 13.6. The van der Waals surface area contributed by atoms with E-state index in [1.54, 1.807) is 23.1 Å². The van der Waals surface area contributed by atoms with Gasteiger partial charge < -0.3 is 10.2 Å². The molecule has 118 valence electrons. The van der Waals surface area contributed by atoms with E-state index in [0.29, 0.717) is 31.5 Å². The van der Waals surface area contributed by atoms with Gasteiger partial charge in [0.1, 0.15) is 5.82 Å². The number of benzene rings is 1. The first-order valence-corrected chi connectivity index (χ1v) is 7.90. The van der Waals surface area contributed by atoms with Crippen LogP contribution in [0.4, 0.5) is 4.39 Å². The van der Waals surface area contributed by atoms with E-state index in [1.165, 1.54) is 6.07 Å². The van der Waals surface area contributed by atoms with E-state index in [9.17, 15) is 14.0 Å². The lowest BCUT2D eigenvalue weighted by Gasteiger charge is -2.32. The average molecular weight is 304 g/mol. The molecule has 2 aliphatic rings. The van der Waals surface area contributed by atoms with Gasteiger partial charge in [-0.15, -0.1) is 0 Å². The molecule has 22 heavy (non-hydrogen) atoms. The van der Waals surface area contributed by atoms with E-state index in [1.807, 2.05) is 0 Å². The highest BCUT2D eigenvalue weighted by molar-refractivity contribution is 5.86. The van der Waals surface area contributed by atoms with Crippen LogP contribution in [0.5, 0.6) is 0 Å². The summed E-state index contributed by atoms with van der Waals surface area (Å²) in [4.78, 5) is 26.2. The number of carbonyl (C=O) groups excluding carboxylic acids is 2. The number of rotatable bonds is 3. The number of hydrogen-bond acceptors (Lipinski definition) is 2. The molecule has 1 N–H and O–H groups in total. The van der Waals surface area contributed by atoms with Crippen molar-refractivity contribution in [2.45, 2.75) is 32.1 Å². The zero-order valence-corrected chi connectivity index (χ0v) is 12.6. The zero-order chi connectivity index (χ0) is 15.6. The molecule has 2 saturated heterocycles. The molecule has 3 rings (SSSR count). The van der Waals surface area contributed by atoms with Crippen molar-refractivity contribution < 1.29 is 14.0 Å². The summed E-state index contributed by atoms with van der Waals surface area (Å²) in [6.07, 6.45) is 3.27. The summed E-state index contributed by atoms with van der Waals surface area (Å²) in [5.41, 5.74) is 0.187. The van der Waals surface area contributed by atoms with Crippen LogP contribution in [0.25, 0.3) is 0 Å². The molecule has 4 nitrogen and oxygen atoms in total. The van der Waals surface area contributed by atoms with E-state index in [4.69, 9.17) is 0 Å². The Kier molecular flexibility index (Phi) is 4.14. The molecule has 2 aliphatic heterocycles. The predicted molar refractivity (Wildman–Crippen MR) is 80.6 cm³/mol. The Morgan fingerprint density at radius 2 is 2.14 bits per heavy atom. The van der Waals surface area contributed by atoms with E-state index < -0.39 is 0 Å². The zero-order valence-electron chi connectivity index (χ0n) is 12.6. The molecule has 0 saturated carbocycles. The largest absolute Gasteiger partial charge is 0.356 e. The summed E-state index contributed by atoms with van der Waals surface area (Å²) >= 11 is 0. The second-order valence-electron chi connectivity index (χ2n) is 6.30. The normalized spacial score (nSPS) is 24.6. The number of nitrogens with zero attached hydrogens (tertiary/aromatic N) is 1. The fraction of sp³-hybridized carbons (Fsp3) is 0.529. The van der Waals surface area contributed by atoms with Gasteiger partial charge in [-0.1, -0.05) is 18.2 Å². The number of piperidine rings is 1. The Bertz CT molecular complexity index is 590. The molecule has 0 unspecified atom stereocenters. The molecule has 0 aromatic heterocycles. The maximum atomic E-state index is 13.6. The Hall–Kier alpha value is -1.91. The highest BCUT2D eigenvalue weighted by atomic mass is 19.1. The van der Waals surface area contributed by atoms with E-state index in [0.717, 1.165) is 25.8 Å². The first kappa shape index (κ1) is 15.0. The highest BCUT2D eigenvalue weighted by Gasteiger charge is 2.46. The van der Waals surface area contributed by atoms with Crippen LogP contribution in [0.3, 0.4) is 0 Å². The lowest BCUT2D eigenvalue weighted by Crippen LogP contribution is -2.47. The molecule has 2 heterocycles. The molecule has 0 radical (unpaired) electrons. The summed E-state index contributed by atoms with van der Waals surface area (Å²) in [7, 11) is 0. The molecule has 1 aromatic rings. The monoisotopic (exact) mass is 304 g/mol. The number of nitrogens with one attached hydrogen (secondary N) is 1. The van der Waals surface area contributed by atoms with Gasteiger partial charge in [0.15, 0.2) is 0 Å². The predicted octanol–water partition coefficient (Wildman–Crippen LogP) is 1.89. The summed E-state index contributed by atoms with van der Waals surface area (Å²) < 4.78 is 13.6. The van der Waals surface area contributed by atoms with Crippen molar-refractivity contribution in [3.05, 3.63) is 35.6 Å². The topological polar surface area (TPSA) is 49.4 Å². The molecule has 0 aliphatic carbocycles. The summed E-state index contributed by atoms with van der Waals surface area (Å²) in [5, 5.41) is 2.91. The van der Waals surface area contributed by atoms with Crippen molar-refractivity contribution in [1.29, 1.82) is 0 Å². The summed E-state index contributed by atoms with van der Waals surface area (Å²) in [6, 6.07) is 6.55. The standard InChI is InChI=1S/C17H21FN2O2/c18-14-5-2-1-4-13(14)6-7-15(21)20-11-9-17(12-20)8-3-10-19-16(17)22/h1-2,4-5H,3,6-12H2,(H,19,22)/t17-/m1/s1. The third-order valence-corrected chi connectivity index (χ3v) is 4.87. The Labute approximate surface area is 129 Å². The van der Waals surface area contributed by atoms with Crippen LogP contribution in [0.2, 0.25) is 0 Å². The van der Waals surface area contributed by atoms with Crippen LogP contribution in [-0.4, -0.2) is 36.3 Å². The minimum atomic E-state index is -0.383. The number of amides is 2. The quantitative estimate of drug-likeness (QED) is 0.927. The van der Waals surface area contributed by atoms with E-state index in [-0.39, 0.29) is 23.0 Å². The van der Waals surface area contributed by atoms with Gasteiger partial charge in [-0.3, -0.25) is 9.59 Å². The van der Waals surface area contributed by atoms with Gasteiger partial charge in [-0.25, -0.2) is 4.39 Å². The SMILES string of the molecule is O=C(CCc1ccccc1F)N1CC[C@]2(CCCNC2=O)C1. The van der Waals surface area contributed by atoms with Gasteiger partial charge in [0.25, 0.3) is 0 Å². The molecule has 2 fully saturated rings. The fourth-order valence-corrected chi connectivity index (χ4v) is 3.51. The smallest absolute Gasteiger partial charge is 0.228 e. The Morgan fingerprint density at radius 1 is 1.32 bits per heavy atom. The number of aryl methyl sites for hydroxylation is 1. The number of hydrogen-bond donors (Lipinski definition) is 1. The van der Waals surface area contributed by atoms with Crippen LogP contribution in [0.1, 0.15) is 31.2 Å². The van der Waals surface area contributed by atoms with E-state index in [2.05, 4.69) is 5.32 Å². The Balaban J connectivity index is 1.58. The summed E-state index contributed by atoms with van der Waals surface area (Å²) in [5.74, 6) is -0.165. The molecular weight excluding hydrogens is 283 g/mol. The van der Waals surface area contributed by atoms with Gasteiger partial charge in [0.2, 0.25) is 11.8 Å². The molecule has 2 amide bonds. The van der Waals surface area contributed by atoms with Crippen molar-refractivity contribution in [3.8, 4) is 0 Å². The minimum Gasteiger partial charge on any atom is -0.356 e. The van der Waals surface area contributed by atoms with Crippen molar-refractivity contribution in [1.82, 2.24) is 10.2 Å². The number of halogens is 1. The van der Waals surface area contributed by atoms with Crippen molar-refractivity contribution in [3.63, 3.8) is 0 Å². The number of likely N-dealkylation sites (tertiary alicyclic amines) is 1. The van der Waals surface area contributed by atoms with Crippen molar-refractivity contribution >= 4 is 11.8 Å². The van der Waals surface area contributed by atoms with E-state index >= 15 is 0 Å². The second-order valence-corrected chi connectivity index (χ2v) is 6.30. The maximum Gasteiger partial charge on any atom is 0.228 e. The van der Waals surface area contributed by atoms with Crippen LogP contribution < -0.4 is 5.32 Å². The lowest BCUT2D eigenvalue weighted by atomic mass is 9.79. The van der Waals surface area contributed by atoms with Crippen molar-refractivity contribution in [2.75, 3.05) is 19.6 Å². The lowest BCUT2D eigenvalue weighted by molar-refractivity contribution is -0.134. The molecule has 5 heteroatoms. The molecular formula is C17H21FN2O2. The summed E-state index contributed by atoms with van der Waals surface area (Å²) in [6.45, 7) is 1.88. The highest BCUT2D eigenvalue weighted by Crippen LogP contribution is 2.37. The Morgan fingerprint density at radius 3 is 2.91 bits per heavy atom. The van der Waals surface area contributed by atoms with Gasteiger partial charge >= 0.3 is 0 Å². The minimum absolute atomic E-state index is 0.0125. The third-order valence-electron chi connectivity index (χ3n) is 4.87. The van der Waals surface area contributed by atoms with Crippen LogP contribution in [0.15, 0.2) is 24.3 Å². The van der Waals surface area contributed by atoms with Gasteiger partial charge in [-0.05, 0) is 37.3 Å². The van der Waals surface area contributed by atoms with Gasteiger partial charge in [-0.2, -0.15) is 0 Å². The van der Waals surface area contributed by atoms with Crippen LogP contribution in [0, 0.1) is 11.2 Å². The van der Waals surface area contributed by atoms with Crippen LogP contribution >= 0.6 is 0 Å². The molecule has 0 bridgehead atoms. The molecule has 1 spiro atoms. The van der Waals surface area contributed by atoms with Crippen molar-refractivity contribution in [2.24, 2.45) is 5.41 Å². The third kappa shape index (κ3) is 2.85. The second kappa shape index (κ2) is 6.07. The number of carbonyl (C=O) groups is 2. The first-order valence-electron chi connectivity index (χ1n) is 7.90. The first-order chi connectivity index (χ1) is 10.6. The average Bonchev–Trinajstić information content (AvgIpc) is 2.95. The van der Waals surface area contributed by atoms with Crippen LogP contribution in [-0.2, 0) is 16.0 Å². The molecule has 1 atom stereocenters. The van der Waals surface area contributed by atoms with Gasteiger partial charge in [0, 0.05) is 26.1 Å². The fourth-order valence-electron chi connectivity index (χ4n) is 3.51.